The first-order chi connectivity index (χ1) is 14.8. The second kappa shape index (κ2) is 12.0. The first-order valence-corrected chi connectivity index (χ1v) is 11.8. The monoisotopic (exact) mass is 430 g/mol. The molecule has 1 amide bonds. The van der Waals surface area contributed by atoms with Gasteiger partial charge in [-0.25, -0.2) is 0 Å². The van der Waals surface area contributed by atoms with Gasteiger partial charge in [-0.1, -0.05) is 52.8 Å². The molecule has 0 spiro atoms. The highest BCUT2D eigenvalue weighted by Crippen LogP contribution is 2.30. The van der Waals surface area contributed by atoms with Crippen LogP contribution in [0.5, 0.6) is 5.75 Å². The molecule has 2 rings (SSSR count). The molecule has 174 valence electrons. The zero-order valence-corrected chi connectivity index (χ0v) is 20.3. The van der Waals surface area contributed by atoms with E-state index in [1.165, 1.54) is 5.56 Å². The number of benzene rings is 1. The van der Waals surface area contributed by atoms with Gasteiger partial charge in [0.05, 0.1) is 6.54 Å². The highest BCUT2D eigenvalue weighted by atomic mass is 16.5. The van der Waals surface area contributed by atoms with E-state index in [9.17, 15) is 4.79 Å². The van der Waals surface area contributed by atoms with Crippen LogP contribution in [0.25, 0.3) is 0 Å². The van der Waals surface area contributed by atoms with Crippen molar-refractivity contribution in [1.29, 1.82) is 0 Å². The topological polar surface area (TPSA) is 66.0 Å². The summed E-state index contributed by atoms with van der Waals surface area (Å²) in [6, 6.07) is 8.56. The number of nitrogens with zero attached hydrogens (tertiary/aromatic N) is 2. The predicted molar refractivity (Wildman–Crippen MR) is 129 cm³/mol. The van der Waals surface area contributed by atoms with Crippen LogP contribution in [0.15, 0.2) is 29.3 Å². The Labute approximate surface area is 188 Å². The molecule has 31 heavy (non-hydrogen) atoms. The van der Waals surface area contributed by atoms with E-state index in [0.29, 0.717) is 25.1 Å². The van der Waals surface area contributed by atoms with Gasteiger partial charge >= 0.3 is 0 Å². The first-order valence-electron chi connectivity index (χ1n) is 11.8. The molecular weight excluding hydrogens is 388 g/mol. The third kappa shape index (κ3) is 7.44. The molecule has 0 bridgehead atoms. The van der Waals surface area contributed by atoms with E-state index in [1.54, 1.807) is 7.05 Å². The van der Waals surface area contributed by atoms with Crippen molar-refractivity contribution < 1.29 is 9.53 Å². The van der Waals surface area contributed by atoms with Gasteiger partial charge in [-0.15, -0.1) is 0 Å². The number of aliphatic imine (C=N–C) groups is 1. The lowest BCUT2D eigenvalue weighted by atomic mass is 9.86. The standard InChI is InChI=1S/C25H42N4O2/c1-7-19(8-2)23(30)29-16-13-20(14-17-29)28-24(26-6)27-15-18-31-22-12-10-9-11-21(22)25(3,4)5/h9-12,19-20H,7-8,13-18H2,1-6H3,(H2,26,27,28). The first kappa shape index (κ1) is 25.0. The van der Waals surface area contributed by atoms with Crippen LogP contribution in [-0.2, 0) is 10.2 Å². The molecule has 1 heterocycles. The molecule has 0 atom stereocenters. The number of nitrogens with one attached hydrogen (secondary N) is 2. The van der Waals surface area contributed by atoms with Gasteiger partial charge in [-0.2, -0.15) is 0 Å². The van der Waals surface area contributed by atoms with Crippen LogP contribution in [-0.4, -0.2) is 56.1 Å². The van der Waals surface area contributed by atoms with Gasteiger partial charge in [0.2, 0.25) is 5.91 Å². The Hall–Kier alpha value is -2.24. The summed E-state index contributed by atoms with van der Waals surface area (Å²) in [5.41, 5.74) is 1.26. The Morgan fingerprint density at radius 3 is 2.42 bits per heavy atom. The second-order valence-corrected chi connectivity index (χ2v) is 9.35. The molecular formula is C25H42N4O2. The predicted octanol–water partition coefficient (Wildman–Crippen LogP) is 3.96. The fourth-order valence-corrected chi connectivity index (χ4v) is 4.07. The van der Waals surface area contributed by atoms with Crippen LogP contribution in [0.3, 0.4) is 0 Å². The van der Waals surface area contributed by atoms with Gasteiger partial charge < -0.3 is 20.3 Å². The maximum atomic E-state index is 12.6. The number of ether oxygens (including phenoxy) is 1. The molecule has 1 aliphatic rings. The molecule has 0 aromatic heterocycles. The molecule has 0 radical (unpaired) electrons. The van der Waals surface area contributed by atoms with Gasteiger partial charge in [-0.05, 0) is 42.7 Å². The number of amides is 1. The number of guanidine groups is 1. The van der Waals surface area contributed by atoms with Gasteiger partial charge in [0, 0.05) is 32.1 Å². The van der Waals surface area contributed by atoms with Gasteiger partial charge in [0.1, 0.15) is 12.4 Å². The zero-order valence-electron chi connectivity index (χ0n) is 20.3. The van der Waals surface area contributed by atoms with E-state index in [-0.39, 0.29) is 11.3 Å². The van der Waals surface area contributed by atoms with Crippen molar-refractivity contribution in [2.24, 2.45) is 10.9 Å². The summed E-state index contributed by atoms with van der Waals surface area (Å²) >= 11 is 0. The smallest absolute Gasteiger partial charge is 0.225 e. The molecule has 0 aliphatic carbocycles. The molecule has 1 aromatic carbocycles. The maximum Gasteiger partial charge on any atom is 0.225 e. The van der Waals surface area contributed by atoms with Gasteiger partial charge in [-0.3, -0.25) is 9.79 Å². The third-order valence-corrected chi connectivity index (χ3v) is 6.05. The van der Waals surface area contributed by atoms with Crippen LogP contribution in [0.2, 0.25) is 0 Å². The largest absolute Gasteiger partial charge is 0.491 e. The summed E-state index contributed by atoms with van der Waals surface area (Å²) in [6.07, 6.45) is 3.74. The highest BCUT2D eigenvalue weighted by Gasteiger charge is 2.26. The summed E-state index contributed by atoms with van der Waals surface area (Å²) in [6.45, 7) is 13.7. The highest BCUT2D eigenvalue weighted by molar-refractivity contribution is 5.80. The number of hydrogen-bond donors (Lipinski definition) is 2. The Bertz CT molecular complexity index is 714. The maximum absolute atomic E-state index is 12.6. The van der Waals surface area contributed by atoms with Crippen molar-refractivity contribution in [1.82, 2.24) is 15.5 Å². The molecule has 1 aromatic rings. The number of likely N-dealkylation sites (tertiary alicyclic amines) is 1. The second-order valence-electron chi connectivity index (χ2n) is 9.35. The number of rotatable bonds is 8. The summed E-state index contributed by atoms with van der Waals surface area (Å²) < 4.78 is 6.04. The van der Waals surface area contributed by atoms with Crippen LogP contribution in [0.1, 0.15) is 65.9 Å². The fourth-order valence-electron chi connectivity index (χ4n) is 4.07. The van der Waals surface area contributed by atoms with Crippen molar-refractivity contribution in [3.63, 3.8) is 0 Å². The molecule has 1 fully saturated rings. The summed E-state index contributed by atoms with van der Waals surface area (Å²) in [4.78, 5) is 19.0. The Morgan fingerprint density at radius 2 is 1.84 bits per heavy atom. The quantitative estimate of drug-likeness (QED) is 0.372. The van der Waals surface area contributed by atoms with Crippen molar-refractivity contribution in [2.45, 2.75) is 71.8 Å². The van der Waals surface area contributed by atoms with E-state index in [4.69, 9.17) is 4.74 Å². The Morgan fingerprint density at radius 1 is 1.19 bits per heavy atom. The minimum Gasteiger partial charge on any atom is -0.491 e. The Kier molecular flexibility index (Phi) is 9.66. The molecule has 1 aliphatic heterocycles. The Balaban J connectivity index is 1.75. The molecule has 2 N–H and O–H groups in total. The number of para-hydroxylation sites is 1. The van der Waals surface area contributed by atoms with E-state index in [1.807, 2.05) is 17.0 Å². The van der Waals surface area contributed by atoms with E-state index in [2.05, 4.69) is 62.4 Å². The minimum absolute atomic E-state index is 0.0478. The average molecular weight is 431 g/mol. The van der Waals surface area contributed by atoms with Gasteiger partial charge in [0.15, 0.2) is 5.96 Å². The molecule has 0 unspecified atom stereocenters. The summed E-state index contributed by atoms with van der Waals surface area (Å²) in [5.74, 6) is 2.22. The lowest BCUT2D eigenvalue weighted by Crippen LogP contribution is -2.51. The van der Waals surface area contributed by atoms with Crippen LogP contribution < -0.4 is 15.4 Å². The third-order valence-electron chi connectivity index (χ3n) is 6.05. The van der Waals surface area contributed by atoms with Crippen molar-refractivity contribution in [3.8, 4) is 5.75 Å². The normalized spacial score (nSPS) is 15.8. The summed E-state index contributed by atoms with van der Waals surface area (Å²) in [5, 5.41) is 6.85. The number of piperidine rings is 1. The van der Waals surface area contributed by atoms with Crippen LogP contribution in [0, 0.1) is 5.92 Å². The van der Waals surface area contributed by atoms with Crippen molar-refractivity contribution >= 4 is 11.9 Å². The van der Waals surface area contributed by atoms with Crippen LogP contribution >= 0.6 is 0 Å². The SMILES string of the molecule is CCC(CC)C(=O)N1CCC(NC(=NC)NCCOc2ccccc2C(C)(C)C)CC1. The number of carbonyl (C=O) groups excluding carboxylic acids is 1. The molecule has 0 saturated carbocycles. The molecule has 6 nitrogen and oxygen atoms in total. The van der Waals surface area contributed by atoms with E-state index >= 15 is 0 Å². The van der Waals surface area contributed by atoms with Crippen molar-refractivity contribution in [2.75, 3.05) is 33.3 Å². The van der Waals surface area contributed by atoms with E-state index in [0.717, 1.165) is 50.5 Å². The van der Waals surface area contributed by atoms with Gasteiger partial charge in [0.25, 0.3) is 0 Å². The molecule has 6 heteroatoms. The summed E-state index contributed by atoms with van der Waals surface area (Å²) in [7, 11) is 1.79. The average Bonchev–Trinajstić information content (AvgIpc) is 2.76. The zero-order chi connectivity index (χ0) is 22.9. The lowest BCUT2D eigenvalue weighted by molar-refractivity contribution is -0.136. The fraction of sp³-hybridized carbons (Fsp3) is 0.680. The lowest BCUT2D eigenvalue weighted by Gasteiger charge is -2.34. The van der Waals surface area contributed by atoms with Crippen molar-refractivity contribution in [3.05, 3.63) is 29.8 Å². The van der Waals surface area contributed by atoms with Crippen LogP contribution in [0.4, 0.5) is 0 Å². The number of hydrogen-bond acceptors (Lipinski definition) is 3. The minimum atomic E-state index is 0.0478. The number of carbonyl (C=O) groups is 1. The molecule has 1 saturated heterocycles. The van der Waals surface area contributed by atoms with E-state index < -0.39 is 0 Å².